The molecule has 7 nitrogen and oxygen atoms in total. The van der Waals surface area contributed by atoms with E-state index >= 15 is 0 Å². The first-order chi connectivity index (χ1) is 15.9. The number of fused-ring (bicyclic) bond motifs is 1. The van der Waals surface area contributed by atoms with Crippen molar-refractivity contribution in [3.63, 3.8) is 0 Å². The number of ether oxygens (including phenoxy) is 2. The van der Waals surface area contributed by atoms with Crippen LogP contribution in [0.4, 0.5) is 10.3 Å². The summed E-state index contributed by atoms with van der Waals surface area (Å²) in [4.78, 5) is 17.2. The molecule has 0 saturated heterocycles. The van der Waals surface area contributed by atoms with Crippen LogP contribution in [0.1, 0.15) is 37.9 Å². The van der Waals surface area contributed by atoms with Crippen molar-refractivity contribution >= 4 is 23.5 Å². The van der Waals surface area contributed by atoms with Crippen LogP contribution in [-0.2, 0) is 10.5 Å². The third kappa shape index (κ3) is 4.59. The highest BCUT2D eigenvalue weighted by molar-refractivity contribution is 7.98. The molecule has 1 unspecified atom stereocenters. The number of hydrogen-bond donors (Lipinski definition) is 1. The van der Waals surface area contributed by atoms with Gasteiger partial charge in [-0.15, -0.1) is 5.10 Å². The van der Waals surface area contributed by atoms with Gasteiger partial charge in [0.05, 0.1) is 13.7 Å². The third-order valence-corrected chi connectivity index (χ3v) is 6.22. The van der Waals surface area contributed by atoms with E-state index in [1.165, 1.54) is 24.8 Å². The summed E-state index contributed by atoms with van der Waals surface area (Å²) in [6.07, 6.45) is 0. The maximum atomic E-state index is 14.0. The molecule has 4 rings (SSSR count). The maximum absolute atomic E-state index is 14.0. The summed E-state index contributed by atoms with van der Waals surface area (Å²) in [6.45, 7) is 5.80. The quantitative estimate of drug-likeness (QED) is 0.467. The van der Waals surface area contributed by atoms with Crippen molar-refractivity contribution in [3.05, 3.63) is 70.7 Å². The molecule has 0 bridgehead atoms. The van der Waals surface area contributed by atoms with Crippen LogP contribution < -0.4 is 14.8 Å². The number of Topliss-reactive ketones (excluding diaryl/α,β-unsaturated/α-hetero) is 1. The molecule has 1 aromatic heterocycles. The average Bonchev–Trinajstić information content (AvgIpc) is 3.20. The molecule has 1 N–H and O–H groups in total. The van der Waals surface area contributed by atoms with Gasteiger partial charge in [0.15, 0.2) is 17.3 Å². The van der Waals surface area contributed by atoms with Crippen LogP contribution in [0.5, 0.6) is 11.5 Å². The highest BCUT2D eigenvalue weighted by atomic mass is 32.2. The zero-order valence-corrected chi connectivity index (χ0v) is 19.7. The fourth-order valence-corrected chi connectivity index (χ4v) is 4.66. The van der Waals surface area contributed by atoms with Gasteiger partial charge in [0.2, 0.25) is 11.1 Å². The minimum absolute atomic E-state index is 0.0699. The molecular weight excluding hydrogens is 443 g/mol. The number of carbonyl (C=O) groups is 1. The van der Waals surface area contributed by atoms with Gasteiger partial charge in [-0.25, -0.2) is 9.07 Å². The Bertz CT molecular complexity index is 1220. The molecule has 0 saturated carbocycles. The molecule has 0 spiro atoms. The number of nitrogens with one attached hydrogen (secondary N) is 1. The lowest BCUT2D eigenvalue weighted by Crippen LogP contribution is -2.27. The number of nitrogens with zero attached hydrogens (tertiary/aromatic N) is 3. The standard InChI is InChI=1S/C24H25FN4O3S/c1-5-32-19-11-10-16(12-20(19)31-4)22-21(15(3)30)14(2)26-23-27-24(28-29(22)23)33-13-17-8-6-7-9-18(17)25/h6-12,22H,5,13H2,1-4H3,(H,26,27,28). The fraction of sp³-hybridized carbons (Fsp3) is 0.292. The van der Waals surface area contributed by atoms with E-state index in [9.17, 15) is 9.18 Å². The molecular formula is C24H25FN4O3S. The van der Waals surface area contributed by atoms with Crippen LogP contribution in [0.25, 0.3) is 0 Å². The van der Waals surface area contributed by atoms with Crippen molar-refractivity contribution in [3.8, 4) is 11.5 Å². The van der Waals surface area contributed by atoms with E-state index in [1.54, 1.807) is 30.0 Å². The van der Waals surface area contributed by atoms with Gasteiger partial charge in [-0.05, 0) is 50.1 Å². The monoisotopic (exact) mass is 468 g/mol. The number of carbonyl (C=O) groups excluding carboxylic acids is 1. The first-order valence-electron chi connectivity index (χ1n) is 10.5. The highest BCUT2D eigenvalue weighted by Gasteiger charge is 2.33. The van der Waals surface area contributed by atoms with Crippen LogP contribution in [0.2, 0.25) is 0 Å². The maximum Gasteiger partial charge on any atom is 0.227 e. The lowest BCUT2D eigenvalue weighted by molar-refractivity contribution is -0.114. The second kappa shape index (κ2) is 9.66. The van der Waals surface area contributed by atoms with Crippen molar-refractivity contribution in [1.82, 2.24) is 14.8 Å². The van der Waals surface area contributed by atoms with Crippen LogP contribution in [0.15, 0.2) is 58.9 Å². The van der Waals surface area contributed by atoms with Crippen LogP contribution in [-0.4, -0.2) is 34.3 Å². The SMILES string of the molecule is CCOc1ccc(C2C(C(C)=O)=C(C)Nc3nc(SCc4ccccc4F)nn32)cc1OC. The number of halogens is 1. The van der Waals surface area contributed by atoms with E-state index in [0.717, 1.165) is 5.56 Å². The van der Waals surface area contributed by atoms with E-state index in [0.29, 0.717) is 51.8 Å². The number of thioether (sulfide) groups is 1. The number of methoxy groups -OCH3 is 1. The van der Waals surface area contributed by atoms with Crippen molar-refractivity contribution < 1.29 is 18.7 Å². The second-order valence-corrected chi connectivity index (χ2v) is 8.45. The molecule has 9 heteroatoms. The van der Waals surface area contributed by atoms with E-state index in [1.807, 2.05) is 32.0 Å². The summed E-state index contributed by atoms with van der Waals surface area (Å²) in [5.41, 5.74) is 2.70. The number of anilines is 1. The minimum atomic E-state index is -0.487. The van der Waals surface area contributed by atoms with Gasteiger partial charge in [-0.1, -0.05) is 36.0 Å². The highest BCUT2D eigenvalue weighted by Crippen LogP contribution is 2.39. The Morgan fingerprint density at radius 2 is 2.03 bits per heavy atom. The van der Waals surface area contributed by atoms with Crippen molar-refractivity contribution in [2.75, 3.05) is 19.0 Å². The summed E-state index contributed by atoms with van der Waals surface area (Å²) in [5.74, 6) is 1.78. The van der Waals surface area contributed by atoms with E-state index in [2.05, 4.69) is 15.4 Å². The van der Waals surface area contributed by atoms with Gasteiger partial charge >= 0.3 is 0 Å². The van der Waals surface area contributed by atoms with Crippen LogP contribution >= 0.6 is 11.8 Å². The summed E-state index contributed by atoms with van der Waals surface area (Å²) >= 11 is 1.33. The molecule has 3 aromatic rings. The van der Waals surface area contributed by atoms with Crippen molar-refractivity contribution in [2.45, 2.75) is 37.7 Å². The number of hydrogen-bond acceptors (Lipinski definition) is 7. The number of ketones is 1. The molecule has 33 heavy (non-hydrogen) atoms. The predicted molar refractivity (Wildman–Crippen MR) is 125 cm³/mol. The predicted octanol–water partition coefficient (Wildman–Crippen LogP) is 4.99. The van der Waals surface area contributed by atoms with Crippen molar-refractivity contribution in [2.24, 2.45) is 0 Å². The summed E-state index contributed by atoms with van der Waals surface area (Å²) in [7, 11) is 1.58. The molecule has 1 aliphatic heterocycles. The first kappa shape index (κ1) is 22.8. The number of aromatic nitrogens is 3. The third-order valence-electron chi connectivity index (χ3n) is 5.33. The zero-order chi connectivity index (χ0) is 23.5. The van der Waals surface area contributed by atoms with Crippen molar-refractivity contribution in [1.29, 1.82) is 0 Å². The van der Waals surface area contributed by atoms with E-state index in [-0.39, 0.29) is 11.6 Å². The summed E-state index contributed by atoms with van der Waals surface area (Å²) in [5, 5.41) is 8.33. The van der Waals surface area contributed by atoms with Gasteiger partial charge in [0.25, 0.3) is 0 Å². The van der Waals surface area contributed by atoms with E-state index < -0.39 is 6.04 Å². The van der Waals surface area contributed by atoms with Gasteiger partial charge in [-0.2, -0.15) is 4.98 Å². The molecule has 2 aromatic carbocycles. The molecule has 0 aliphatic carbocycles. The van der Waals surface area contributed by atoms with Gasteiger partial charge < -0.3 is 14.8 Å². The largest absolute Gasteiger partial charge is 0.493 e. The topological polar surface area (TPSA) is 78.3 Å². The summed E-state index contributed by atoms with van der Waals surface area (Å²) < 4.78 is 26.9. The zero-order valence-electron chi connectivity index (χ0n) is 18.9. The minimum Gasteiger partial charge on any atom is -0.493 e. The number of rotatable bonds is 8. The fourth-order valence-electron chi connectivity index (χ4n) is 3.84. The van der Waals surface area contributed by atoms with E-state index in [4.69, 9.17) is 9.47 Å². The van der Waals surface area contributed by atoms with Crippen LogP contribution in [0, 0.1) is 5.82 Å². The Morgan fingerprint density at radius 1 is 1.24 bits per heavy atom. The number of allylic oxidation sites excluding steroid dienone is 2. The Kier molecular flexibility index (Phi) is 6.69. The number of benzene rings is 2. The van der Waals surface area contributed by atoms with Crippen LogP contribution in [0.3, 0.4) is 0 Å². The Hall–Kier alpha value is -3.33. The average molecular weight is 469 g/mol. The smallest absolute Gasteiger partial charge is 0.227 e. The molecule has 2 heterocycles. The molecule has 1 aliphatic rings. The lowest BCUT2D eigenvalue weighted by Gasteiger charge is -2.28. The second-order valence-electron chi connectivity index (χ2n) is 7.51. The molecule has 1 atom stereocenters. The van der Waals surface area contributed by atoms with Gasteiger partial charge in [-0.3, -0.25) is 4.79 Å². The summed E-state index contributed by atoms with van der Waals surface area (Å²) in [6, 6.07) is 11.7. The Labute approximate surface area is 196 Å². The van der Waals surface area contributed by atoms with Gasteiger partial charge in [0, 0.05) is 17.0 Å². The van der Waals surface area contributed by atoms with Gasteiger partial charge in [0.1, 0.15) is 11.9 Å². The Balaban J connectivity index is 1.72. The Morgan fingerprint density at radius 3 is 2.73 bits per heavy atom. The molecule has 0 fully saturated rings. The normalized spacial score (nSPS) is 15.1. The first-order valence-corrected chi connectivity index (χ1v) is 11.5. The lowest BCUT2D eigenvalue weighted by atomic mass is 9.93. The molecule has 0 radical (unpaired) electrons. The molecule has 172 valence electrons. The molecule has 0 amide bonds.